The minimum absolute atomic E-state index is 0.176. The van der Waals surface area contributed by atoms with Gasteiger partial charge < -0.3 is 5.73 Å². The van der Waals surface area contributed by atoms with Crippen molar-refractivity contribution in [3.05, 3.63) is 58.1 Å². The first-order valence-electron chi connectivity index (χ1n) is 6.01. The van der Waals surface area contributed by atoms with Crippen molar-refractivity contribution in [2.45, 2.75) is 0 Å². The van der Waals surface area contributed by atoms with Crippen molar-refractivity contribution in [2.75, 3.05) is 10.6 Å². The number of nitriles is 1. The molecule has 5 nitrogen and oxygen atoms in total. The number of nitrogens with zero attached hydrogens (tertiary/aromatic N) is 2. The zero-order valence-corrected chi connectivity index (χ0v) is 11.4. The van der Waals surface area contributed by atoms with Gasteiger partial charge in [-0.3, -0.25) is 9.59 Å². The van der Waals surface area contributed by atoms with Crippen LogP contribution in [0.1, 0.15) is 26.3 Å². The zero-order valence-electron chi connectivity index (χ0n) is 10.6. The Labute approximate surface area is 125 Å². The van der Waals surface area contributed by atoms with E-state index >= 15 is 0 Å². The molecule has 1 aliphatic rings. The number of rotatable bonds is 1. The number of benzene rings is 2. The van der Waals surface area contributed by atoms with Crippen LogP contribution in [0.25, 0.3) is 0 Å². The van der Waals surface area contributed by atoms with Crippen molar-refractivity contribution in [3.8, 4) is 6.07 Å². The first kappa shape index (κ1) is 13.2. The number of carbonyl (C=O) groups is 2. The van der Waals surface area contributed by atoms with Gasteiger partial charge in [0, 0.05) is 10.7 Å². The molecule has 0 aliphatic carbocycles. The van der Waals surface area contributed by atoms with Gasteiger partial charge in [-0.2, -0.15) is 5.26 Å². The van der Waals surface area contributed by atoms with E-state index in [4.69, 9.17) is 22.6 Å². The zero-order chi connectivity index (χ0) is 15.1. The summed E-state index contributed by atoms with van der Waals surface area (Å²) >= 11 is 5.91. The number of fused-ring (bicyclic) bond motifs is 1. The second-order valence-electron chi connectivity index (χ2n) is 4.52. The van der Waals surface area contributed by atoms with Crippen LogP contribution in [0.2, 0.25) is 5.02 Å². The van der Waals surface area contributed by atoms with Crippen LogP contribution in [0, 0.1) is 11.3 Å². The molecule has 3 rings (SSSR count). The molecule has 1 heterocycles. The van der Waals surface area contributed by atoms with E-state index < -0.39 is 11.8 Å². The Hall–Kier alpha value is -2.84. The molecule has 102 valence electrons. The third kappa shape index (κ3) is 1.93. The lowest BCUT2D eigenvalue weighted by molar-refractivity contribution is 0.0926. The quantitative estimate of drug-likeness (QED) is 0.647. The highest BCUT2D eigenvalue weighted by atomic mass is 35.5. The van der Waals surface area contributed by atoms with Crippen LogP contribution < -0.4 is 10.6 Å². The molecule has 0 spiro atoms. The number of carbonyl (C=O) groups excluding carboxylic acids is 2. The van der Waals surface area contributed by atoms with Gasteiger partial charge in [0.15, 0.2) is 0 Å². The highest BCUT2D eigenvalue weighted by Crippen LogP contribution is 2.33. The highest BCUT2D eigenvalue weighted by Gasteiger charge is 2.37. The molecule has 0 radical (unpaired) electrons. The molecule has 2 amide bonds. The molecule has 0 atom stereocenters. The summed E-state index contributed by atoms with van der Waals surface area (Å²) < 4.78 is 0. The van der Waals surface area contributed by atoms with E-state index in [1.165, 1.54) is 30.3 Å². The van der Waals surface area contributed by atoms with E-state index in [9.17, 15) is 9.59 Å². The Kier molecular flexibility index (Phi) is 2.89. The summed E-state index contributed by atoms with van der Waals surface area (Å²) in [5.74, 6) is -1.00. The van der Waals surface area contributed by atoms with Gasteiger partial charge in [-0.1, -0.05) is 11.6 Å². The van der Waals surface area contributed by atoms with Crippen molar-refractivity contribution in [1.29, 1.82) is 5.26 Å². The maximum atomic E-state index is 12.4. The first-order chi connectivity index (χ1) is 10.0. The Morgan fingerprint density at radius 3 is 2.48 bits per heavy atom. The second-order valence-corrected chi connectivity index (χ2v) is 4.96. The monoisotopic (exact) mass is 297 g/mol. The van der Waals surface area contributed by atoms with Gasteiger partial charge in [0.2, 0.25) is 0 Å². The Bertz CT molecular complexity index is 839. The molecule has 1 aliphatic heterocycles. The third-order valence-corrected chi connectivity index (χ3v) is 3.47. The lowest BCUT2D eigenvalue weighted by atomic mass is 10.1. The predicted molar refractivity (Wildman–Crippen MR) is 78.2 cm³/mol. The van der Waals surface area contributed by atoms with E-state index in [0.29, 0.717) is 10.7 Å². The number of nitrogens with two attached hydrogens (primary N) is 1. The minimum Gasteiger partial charge on any atom is -0.399 e. The fourth-order valence-corrected chi connectivity index (χ4v) is 2.43. The van der Waals surface area contributed by atoms with Crippen LogP contribution in [0.5, 0.6) is 0 Å². The highest BCUT2D eigenvalue weighted by molar-refractivity contribution is 6.36. The minimum atomic E-state index is -0.513. The van der Waals surface area contributed by atoms with Gasteiger partial charge in [0.1, 0.15) is 6.07 Å². The fraction of sp³-hybridized carbons (Fsp3) is 0. The number of imide groups is 1. The summed E-state index contributed by atoms with van der Waals surface area (Å²) in [6.45, 7) is 0. The topological polar surface area (TPSA) is 87.2 Å². The maximum absolute atomic E-state index is 12.4. The van der Waals surface area contributed by atoms with Gasteiger partial charge in [-0.05, 0) is 36.4 Å². The Balaban J connectivity index is 2.19. The van der Waals surface area contributed by atoms with Crippen LogP contribution >= 0.6 is 11.6 Å². The second kappa shape index (κ2) is 4.62. The van der Waals surface area contributed by atoms with Gasteiger partial charge >= 0.3 is 0 Å². The standard InChI is InChI=1S/C15H8ClN3O2/c16-9-2-1-8(7-17)13(5-9)19-14(20)11-4-3-10(18)6-12(11)15(19)21/h1-6H,18H2. The molecule has 0 fully saturated rings. The lowest BCUT2D eigenvalue weighted by Gasteiger charge is -2.15. The van der Waals surface area contributed by atoms with Gasteiger partial charge in [-0.15, -0.1) is 0 Å². The molecule has 0 saturated carbocycles. The van der Waals surface area contributed by atoms with Gasteiger partial charge in [0.05, 0.1) is 22.4 Å². The van der Waals surface area contributed by atoms with E-state index in [1.807, 2.05) is 6.07 Å². The van der Waals surface area contributed by atoms with Crippen LogP contribution in [-0.4, -0.2) is 11.8 Å². The van der Waals surface area contributed by atoms with Crippen LogP contribution in [0.4, 0.5) is 11.4 Å². The third-order valence-electron chi connectivity index (χ3n) is 3.23. The van der Waals surface area contributed by atoms with E-state index in [2.05, 4.69) is 0 Å². The van der Waals surface area contributed by atoms with E-state index in [-0.39, 0.29) is 22.4 Å². The molecular formula is C15H8ClN3O2. The number of nitrogen functional groups attached to an aromatic ring is 1. The van der Waals surface area contributed by atoms with Crippen molar-refractivity contribution < 1.29 is 9.59 Å². The summed E-state index contributed by atoms with van der Waals surface area (Å²) in [5, 5.41) is 9.47. The first-order valence-corrected chi connectivity index (χ1v) is 6.38. The van der Waals surface area contributed by atoms with Gasteiger partial charge in [-0.25, -0.2) is 4.90 Å². The van der Waals surface area contributed by atoms with Crippen molar-refractivity contribution in [1.82, 2.24) is 0 Å². The summed E-state index contributed by atoms with van der Waals surface area (Å²) in [4.78, 5) is 25.8. The summed E-state index contributed by atoms with van der Waals surface area (Å²) in [7, 11) is 0. The number of halogens is 1. The van der Waals surface area contributed by atoms with Crippen molar-refractivity contribution >= 4 is 34.8 Å². The molecule has 21 heavy (non-hydrogen) atoms. The summed E-state index contributed by atoms with van der Waals surface area (Å²) in [6, 6.07) is 10.9. The molecular weight excluding hydrogens is 290 g/mol. The van der Waals surface area contributed by atoms with E-state index in [0.717, 1.165) is 4.90 Å². The van der Waals surface area contributed by atoms with Crippen LogP contribution in [-0.2, 0) is 0 Å². The van der Waals surface area contributed by atoms with Crippen molar-refractivity contribution in [3.63, 3.8) is 0 Å². The molecule has 0 bridgehead atoms. The molecule has 0 unspecified atom stereocenters. The summed E-state index contributed by atoms with van der Waals surface area (Å²) in [6.07, 6.45) is 0. The predicted octanol–water partition coefficient (Wildman–Crippen LogP) is 2.59. The fourth-order valence-electron chi connectivity index (χ4n) is 2.26. The lowest BCUT2D eigenvalue weighted by Crippen LogP contribution is -2.30. The Morgan fingerprint density at radius 2 is 1.76 bits per heavy atom. The normalized spacial score (nSPS) is 13.2. The van der Waals surface area contributed by atoms with Crippen molar-refractivity contribution in [2.24, 2.45) is 0 Å². The molecule has 6 heteroatoms. The molecule has 2 aromatic carbocycles. The molecule has 0 aromatic heterocycles. The summed E-state index contributed by atoms with van der Waals surface area (Å²) in [5.41, 5.74) is 6.90. The van der Waals surface area contributed by atoms with Gasteiger partial charge in [0.25, 0.3) is 11.8 Å². The average Bonchev–Trinajstić information content (AvgIpc) is 2.70. The smallest absolute Gasteiger partial charge is 0.266 e. The number of amides is 2. The average molecular weight is 298 g/mol. The van der Waals surface area contributed by atoms with Crippen LogP contribution in [0.15, 0.2) is 36.4 Å². The Morgan fingerprint density at radius 1 is 1.05 bits per heavy atom. The SMILES string of the molecule is N#Cc1ccc(Cl)cc1N1C(=O)c2ccc(N)cc2C1=O. The molecule has 0 saturated heterocycles. The maximum Gasteiger partial charge on any atom is 0.266 e. The van der Waals surface area contributed by atoms with E-state index in [1.54, 1.807) is 6.07 Å². The largest absolute Gasteiger partial charge is 0.399 e. The number of anilines is 2. The molecule has 2 aromatic rings. The number of hydrogen-bond acceptors (Lipinski definition) is 4. The number of hydrogen-bond donors (Lipinski definition) is 1. The van der Waals surface area contributed by atoms with Crippen LogP contribution in [0.3, 0.4) is 0 Å². The molecule has 2 N–H and O–H groups in total.